The molecule has 2 fully saturated rings. The molecule has 1 aromatic rings. The van der Waals surface area contributed by atoms with E-state index in [0.717, 1.165) is 24.3 Å². The predicted octanol–water partition coefficient (Wildman–Crippen LogP) is 2.44. The van der Waals surface area contributed by atoms with Gasteiger partial charge in [-0.15, -0.1) is 0 Å². The molecule has 2 aliphatic rings. The average Bonchev–Trinajstić information content (AvgIpc) is 2.95. The van der Waals surface area contributed by atoms with Gasteiger partial charge < -0.3 is 10.1 Å². The Hall–Kier alpha value is -1.06. The summed E-state index contributed by atoms with van der Waals surface area (Å²) < 4.78 is 5.24. The lowest BCUT2D eigenvalue weighted by molar-refractivity contribution is 0.0847. The van der Waals surface area contributed by atoms with Crippen LogP contribution >= 0.6 is 0 Å². The molecule has 3 nitrogen and oxygen atoms in total. The van der Waals surface area contributed by atoms with E-state index in [0.29, 0.717) is 6.04 Å². The Morgan fingerprint density at radius 3 is 2.79 bits per heavy atom. The van der Waals surface area contributed by atoms with Crippen LogP contribution < -0.4 is 10.1 Å². The highest BCUT2D eigenvalue weighted by Crippen LogP contribution is 2.33. The highest BCUT2D eigenvalue weighted by atomic mass is 16.5. The quantitative estimate of drug-likeness (QED) is 0.903. The van der Waals surface area contributed by atoms with Gasteiger partial charge in [-0.05, 0) is 56.5 Å². The maximum absolute atomic E-state index is 5.24. The summed E-state index contributed by atoms with van der Waals surface area (Å²) >= 11 is 0. The number of methoxy groups -OCH3 is 1. The highest BCUT2D eigenvalue weighted by molar-refractivity contribution is 5.29. The zero-order valence-corrected chi connectivity index (χ0v) is 11.9. The molecule has 3 atom stereocenters. The molecule has 0 aromatic heterocycles. The number of benzene rings is 1. The van der Waals surface area contributed by atoms with Gasteiger partial charge in [0.25, 0.3) is 0 Å². The normalized spacial score (nSPS) is 28.9. The molecule has 3 heteroatoms. The van der Waals surface area contributed by atoms with E-state index in [1.165, 1.54) is 31.5 Å². The molecule has 2 saturated heterocycles. The minimum Gasteiger partial charge on any atom is -0.497 e. The topological polar surface area (TPSA) is 24.5 Å². The molecule has 3 unspecified atom stereocenters. The lowest BCUT2D eigenvalue weighted by Crippen LogP contribution is -2.46. The zero-order chi connectivity index (χ0) is 13.2. The maximum atomic E-state index is 5.24. The Kier molecular flexibility index (Phi) is 3.76. The van der Waals surface area contributed by atoms with Gasteiger partial charge in [-0.1, -0.05) is 12.1 Å². The molecule has 3 rings (SSSR count). The van der Waals surface area contributed by atoms with Crippen molar-refractivity contribution in [2.24, 2.45) is 5.92 Å². The second kappa shape index (κ2) is 5.51. The van der Waals surface area contributed by atoms with Crippen LogP contribution in [-0.2, 0) is 0 Å². The summed E-state index contributed by atoms with van der Waals surface area (Å²) in [4.78, 5) is 2.69. The summed E-state index contributed by atoms with van der Waals surface area (Å²) in [6.07, 6.45) is 2.73. The first-order chi connectivity index (χ1) is 9.29. The van der Waals surface area contributed by atoms with Crippen molar-refractivity contribution >= 4 is 0 Å². The first kappa shape index (κ1) is 12.9. The van der Waals surface area contributed by atoms with Crippen LogP contribution in [0.1, 0.15) is 31.4 Å². The SMILES string of the molecule is COc1ccc(C(C)N2CCCC3CNCC32)cc1. The van der Waals surface area contributed by atoms with E-state index < -0.39 is 0 Å². The van der Waals surface area contributed by atoms with E-state index in [2.05, 4.69) is 41.4 Å². The molecule has 0 bridgehead atoms. The first-order valence-electron chi connectivity index (χ1n) is 7.40. The van der Waals surface area contributed by atoms with Crippen molar-refractivity contribution in [3.05, 3.63) is 29.8 Å². The number of nitrogens with one attached hydrogen (secondary N) is 1. The minimum absolute atomic E-state index is 0.499. The molecule has 0 spiro atoms. The fourth-order valence-corrected chi connectivity index (χ4v) is 3.66. The molecule has 0 saturated carbocycles. The van der Waals surface area contributed by atoms with Crippen molar-refractivity contribution in [2.45, 2.75) is 31.8 Å². The number of hydrogen-bond acceptors (Lipinski definition) is 3. The smallest absolute Gasteiger partial charge is 0.118 e. The van der Waals surface area contributed by atoms with Crippen LogP contribution in [0.4, 0.5) is 0 Å². The number of rotatable bonds is 3. The lowest BCUT2D eigenvalue weighted by atomic mass is 9.90. The maximum Gasteiger partial charge on any atom is 0.118 e. The Balaban J connectivity index is 1.76. The third-order valence-corrected chi connectivity index (χ3v) is 4.82. The van der Waals surface area contributed by atoms with Gasteiger partial charge >= 0.3 is 0 Å². The van der Waals surface area contributed by atoms with Crippen LogP contribution in [0.3, 0.4) is 0 Å². The fourth-order valence-electron chi connectivity index (χ4n) is 3.66. The molecule has 104 valence electrons. The molecule has 0 radical (unpaired) electrons. The standard InChI is InChI=1S/C16H24N2O/c1-12(13-5-7-15(19-2)8-6-13)18-9-3-4-14-10-17-11-16(14)18/h5-8,12,14,16-17H,3-4,9-11H2,1-2H3. The van der Waals surface area contributed by atoms with Crippen LogP contribution in [-0.4, -0.2) is 37.7 Å². The van der Waals surface area contributed by atoms with Gasteiger partial charge in [0.2, 0.25) is 0 Å². The van der Waals surface area contributed by atoms with Crippen molar-refractivity contribution in [3.8, 4) is 5.75 Å². The summed E-state index contributed by atoms with van der Waals surface area (Å²) in [5.74, 6) is 1.80. The molecule has 19 heavy (non-hydrogen) atoms. The van der Waals surface area contributed by atoms with Crippen LogP contribution in [0.15, 0.2) is 24.3 Å². The number of fused-ring (bicyclic) bond motifs is 1. The van der Waals surface area contributed by atoms with Gasteiger partial charge in [-0.25, -0.2) is 0 Å². The van der Waals surface area contributed by atoms with Gasteiger partial charge in [0.1, 0.15) is 5.75 Å². The molecule has 0 amide bonds. The molecular formula is C16H24N2O. The van der Waals surface area contributed by atoms with E-state index in [1.54, 1.807) is 7.11 Å². The van der Waals surface area contributed by atoms with Gasteiger partial charge in [-0.2, -0.15) is 0 Å². The Morgan fingerprint density at radius 2 is 2.05 bits per heavy atom. The van der Waals surface area contributed by atoms with E-state index >= 15 is 0 Å². The van der Waals surface area contributed by atoms with Crippen LogP contribution in [0, 0.1) is 5.92 Å². The lowest BCUT2D eigenvalue weighted by Gasteiger charge is -2.41. The van der Waals surface area contributed by atoms with E-state index in [1.807, 2.05) is 0 Å². The molecule has 1 aromatic carbocycles. The van der Waals surface area contributed by atoms with Crippen LogP contribution in [0.5, 0.6) is 5.75 Å². The van der Waals surface area contributed by atoms with Gasteiger partial charge in [0, 0.05) is 18.6 Å². The van der Waals surface area contributed by atoms with Crippen molar-refractivity contribution in [1.29, 1.82) is 0 Å². The number of ether oxygens (including phenoxy) is 1. The Morgan fingerprint density at radius 1 is 1.26 bits per heavy atom. The number of piperidine rings is 1. The third kappa shape index (κ3) is 2.49. The summed E-state index contributed by atoms with van der Waals surface area (Å²) in [5, 5.41) is 3.56. The highest BCUT2D eigenvalue weighted by Gasteiger charge is 2.37. The average molecular weight is 260 g/mol. The van der Waals surface area contributed by atoms with Crippen LogP contribution in [0.25, 0.3) is 0 Å². The van der Waals surface area contributed by atoms with Gasteiger partial charge in [0.05, 0.1) is 7.11 Å². The monoisotopic (exact) mass is 260 g/mol. The Labute approximate surface area is 115 Å². The molecule has 1 N–H and O–H groups in total. The second-order valence-corrected chi connectivity index (χ2v) is 5.81. The number of likely N-dealkylation sites (tertiary alicyclic amines) is 1. The minimum atomic E-state index is 0.499. The number of hydrogen-bond donors (Lipinski definition) is 1. The largest absolute Gasteiger partial charge is 0.497 e. The van der Waals surface area contributed by atoms with Crippen LogP contribution in [0.2, 0.25) is 0 Å². The van der Waals surface area contributed by atoms with Crippen molar-refractivity contribution in [1.82, 2.24) is 10.2 Å². The van der Waals surface area contributed by atoms with E-state index in [4.69, 9.17) is 4.74 Å². The first-order valence-corrected chi connectivity index (χ1v) is 7.40. The third-order valence-electron chi connectivity index (χ3n) is 4.82. The summed E-state index contributed by atoms with van der Waals surface area (Å²) in [6, 6.07) is 9.77. The summed E-state index contributed by atoms with van der Waals surface area (Å²) in [6.45, 7) is 5.93. The number of nitrogens with zero attached hydrogens (tertiary/aromatic N) is 1. The van der Waals surface area contributed by atoms with Gasteiger partial charge in [0.15, 0.2) is 0 Å². The predicted molar refractivity (Wildman–Crippen MR) is 77.5 cm³/mol. The Bertz CT molecular complexity index is 417. The zero-order valence-electron chi connectivity index (χ0n) is 11.9. The van der Waals surface area contributed by atoms with Crippen molar-refractivity contribution < 1.29 is 4.74 Å². The molecular weight excluding hydrogens is 236 g/mol. The van der Waals surface area contributed by atoms with Crippen molar-refractivity contribution in [2.75, 3.05) is 26.7 Å². The van der Waals surface area contributed by atoms with E-state index in [-0.39, 0.29) is 0 Å². The molecule has 2 aliphatic heterocycles. The fraction of sp³-hybridized carbons (Fsp3) is 0.625. The molecule has 2 heterocycles. The second-order valence-electron chi connectivity index (χ2n) is 5.81. The summed E-state index contributed by atoms with van der Waals surface area (Å²) in [7, 11) is 1.72. The van der Waals surface area contributed by atoms with Crippen molar-refractivity contribution in [3.63, 3.8) is 0 Å². The summed E-state index contributed by atoms with van der Waals surface area (Å²) in [5.41, 5.74) is 1.40. The van der Waals surface area contributed by atoms with E-state index in [9.17, 15) is 0 Å². The molecule has 0 aliphatic carbocycles. The van der Waals surface area contributed by atoms with Gasteiger partial charge in [-0.3, -0.25) is 4.90 Å².